The van der Waals surface area contributed by atoms with E-state index >= 15 is 0 Å². The molecule has 178 valence electrons. The van der Waals surface area contributed by atoms with Crippen LogP contribution in [0.2, 0.25) is 0 Å². The monoisotopic (exact) mass is 443 g/mol. The van der Waals surface area contributed by atoms with Crippen LogP contribution in [0.25, 0.3) is 0 Å². The van der Waals surface area contributed by atoms with Crippen LogP contribution in [0.4, 0.5) is 0 Å². The molecule has 1 atom stereocenters. The Labute approximate surface area is 193 Å². The maximum absolute atomic E-state index is 5.71. The van der Waals surface area contributed by atoms with Gasteiger partial charge in [0.05, 0.1) is 13.2 Å². The van der Waals surface area contributed by atoms with Crippen LogP contribution in [0, 0.1) is 0 Å². The number of benzene rings is 1. The Kier molecular flexibility index (Phi) is 8.27. The van der Waals surface area contributed by atoms with Crippen molar-refractivity contribution in [3.05, 3.63) is 29.8 Å². The first kappa shape index (κ1) is 23.3. The van der Waals surface area contributed by atoms with Gasteiger partial charge in [-0.2, -0.15) is 0 Å². The fourth-order valence-corrected chi connectivity index (χ4v) is 5.57. The summed E-state index contributed by atoms with van der Waals surface area (Å²) in [7, 11) is 3.61. The third kappa shape index (κ3) is 5.56. The Morgan fingerprint density at radius 2 is 1.81 bits per heavy atom. The van der Waals surface area contributed by atoms with E-state index in [0.717, 1.165) is 63.9 Å². The number of likely N-dealkylation sites (tertiary alicyclic amines) is 2. The number of hydrogen-bond acceptors (Lipinski definition) is 5. The molecule has 3 heterocycles. The minimum Gasteiger partial charge on any atom is -0.497 e. The quantitative estimate of drug-likeness (QED) is 0.476. The maximum Gasteiger partial charge on any atom is 0.191 e. The van der Waals surface area contributed by atoms with E-state index in [9.17, 15) is 0 Å². The minimum atomic E-state index is 0.188. The molecule has 0 aromatic heterocycles. The van der Waals surface area contributed by atoms with Crippen LogP contribution in [0.5, 0.6) is 5.75 Å². The van der Waals surface area contributed by atoms with Crippen molar-refractivity contribution in [3.63, 3.8) is 0 Å². The van der Waals surface area contributed by atoms with E-state index in [-0.39, 0.29) is 5.54 Å². The molecule has 1 aromatic rings. The van der Waals surface area contributed by atoms with E-state index in [1.54, 1.807) is 7.11 Å². The average molecular weight is 444 g/mol. The second-order valence-electron chi connectivity index (χ2n) is 9.37. The van der Waals surface area contributed by atoms with Gasteiger partial charge in [-0.1, -0.05) is 12.1 Å². The van der Waals surface area contributed by atoms with Crippen molar-refractivity contribution in [1.29, 1.82) is 0 Å². The molecule has 2 N–H and O–H groups in total. The number of nitrogens with zero attached hydrogens (tertiary/aromatic N) is 3. The van der Waals surface area contributed by atoms with Gasteiger partial charge in [-0.05, 0) is 82.4 Å². The van der Waals surface area contributed by atoms with E-state index in [2.05, 4.69) is 43.6 Å². The van der Waals surface area contributed by atoms with Gasteiger partial charge in [0.1, 0.15) is 5.75 Å². The van der Waals surface area contributed by atoms with Crippen LogP contribution >= 0.6 is 0 Å². The first-order valence-electron chi connectivity index (χ1n) is 12.4. The van der Waals surface area contributed by atoms with Gasteiger partial charge < -0.3 is 20.1 Å². The number of ether oxygens (including phenoxy) is 2. The summed E-state index contributed by atoms with van der Waals surface area (Å²) in [4.78, 5) is 9.83. The van der Waals surface area contributed by atoms with E-state index in [4.69, 9.17) is 9.47 Å². The van der Waals surface area contributed by atoms with Gasteiger partial charge in [0, 0.05) is 38.9 Å². The summed E-state index contributed by atoms with van der Waals surface area (Å²) in [6.07, 6.45) is 7.36. The molecule has 0 spiro atoms. The summed E-state index contributed by atoms with van der Waals surface area (Å²) in [5.41, 5.74) is 1.49. The van der Waals surface area contributed by atoms with Crippen molar-refractivity contribution in [2.24, 2.45) is 4.99 Å². The number of aliphatic imine (C=N–C) groups is 1. The lowest BCUT2D eigenvalue weighted by Gasteiger charge is -2.45. The Morgan fingerprint density at radius 3 is 2.50 bits per heavy atom. The summed E-state index contributed by atoms with van der Waals surface area (Å²) in [5.74, 6) is 1.81. The van der Waals surface area contributed by atoms with Gasteiger partial charge in [0.15, 0.2) is 5.96 Å². The van der Waals surface area contributed by atoms with Crippen LogP contribution in [0.1, 0.15) is 50.1 Å². The molecule has 0 saturated carbocycles. The standard InChI is InChI=1S/C25H41N5O2/c1-26-24(28-20-25(10-16-32-17-11-25)30-14-5-6-15-30)27-19-23(29-12-3-4-13-29)21-8-7-9-22(18-21)31-2/h7-9,18,23H,3-6,10-17,19-20H2,1-2H3,(H2,26,27,28). The largest absolute Gasteiger partial charge is 0.497 e. The summed E-state index contributed by atoms with van der Waals surface area (Å²) < 4.78 is 11.2. The van der Waals surface area contributed by atoms with Crippen molar-refractivity contribution < 1.29 is 9.47 Å². The molecular weight excluding hydrogens is 402 g/mol. The van der Waals surface area contributed by atoms with Crippen LogP contribution in [-0.4, -0.2) is 87.9 Å². The van der Waals surface area contributed by atoms with Gasteiger partial charge in [0.2, 0.25) is 0 Å². The number of methoxy groups -OCH3 is 1. The van der Waals surface area contributed by atoms with E-state index in [1.807, 2.05) is 13.1 Å². The molecule has 0 bridgehead atoms. The van der Waals surface area contributed by atoms with Crippen LogP contribution in [0.3, 0.4) is 0 Å². The fraction of sp³-hybridized carbons (Fsp3) is 0.720. The second-order valence-corrected chi connectivity index (χ2v) is 9.37. The second kappa shape index (κ2) is 11.3. The average Bonchev–Trinajstić information content (AvgIpc) is 3.57. The zero-order valence-electron chi connectivity index (χ0n) is 19.9. The Balaban J connectivity index is 1.40. The minimum absolute atomic E-state index is 0.188. The highest BCUT2D eigenvalue weighted by atomic mass is 16.5. The van der Waals surface area contributed by atoms with Gasteiger partial charge >= 0.3 is 0 Å². The molecule has 4 rings (SSSR count). The fourth-order valence-electron chi connectivity index (χ4n) is 5.57. The molecule has 0 radical (unpaired) electrons. The molecule has 32 heavy (non-hydrogen) atoms. The highest BCUT2D eigenvalue weighted by Crippen LogP contribution is 2.31. The molecule has 0 aliphatic carbocycles. The van der Waals surface area contributed by atoms with Crippen molar-refractivity contribution in [1.82, 2.24) is 20.4 Å². The zero-order valence-corrected chi connectivity index (χ0v) is 19.9. The molecule has 3 aliphatic heterocycles. The third-order valence-corrected chi connectivity index (χ3v) is 7.53. The number of rotatable bonds is 8. The van der Waals surface area contributed by atoms with Crippen LogP contribution in [0.15, 0.2) is 29.3 Å². The predicted molar refractivity (Wildman–Crippen MR) is 129 cm³/mol. The molecule has 7 heteroatoms. The van der Waals surface area contributed by atoms with E-state index in [0.29, 0.717) is 6.04 Å². The normalized spacial score (nSPS) is 23.2. The zero-order chi connectivity index (χ0) is 22.2. The van der Waals surface area contributed by atoms with Gasteiger partial charge in [-0.3, -0.25) is 14.8 Å². The highest BCUT2D eigenvalue weighted by Gasteiger charge is 2.39. The SMILES string of the molecule is CN=C(NCC(c1cccc(OC)c1)N1CCCC1)NCC1(N2CCCC2)CCOCC1. The Hall–Kier alpha value is -1.83. The summed E-state index contributed by atoms with van der Waals surface area (Å²) in [5, 5.41) is 7.31. The Bertz CT molecular complexity index is 738. The van der Waals surface area contributed by atoms with Gasteiger partial charge in [-0.15, -0.1) is 0 Å². The summed E-state index contributed by atoms with van der Waals surface area (Å²) in [6.45, 7) is 8.17. The van der Waals surface area contributed by atoms with E-state index < -0.39 is 0 Å². The lowest BCUT2D eigenvalue weighted by Crippen LogP contribution is -2.58. The molecule has 3 saturated heterocycles. The molecule has 7 nitrogen and oxygen atoms in total. The first-order chi connectivity index (χ1) is 15.7. The van der Waals surface area contributed by atoms with E-state index in [1.165, 1.54) is 44.3 Å². The summed E-state index contributed by atoms with van der Waals surface area (Å²) in [6, 6.07) is 8.81. The van der Waals surface area contributed by atoms with Crippen molar-refractivity contribution in [2.75, 3.05) is 66.6 Å². The number of guanidine groups is 1. The van der Waals surface area contributed by atoms with Crippen molar-refractivity contribution in [2.45, 2.75) is 50.1 Å². The molecule has 3 aliphatic rings. The number of nitrogens with one attached hydrogen (secondary N) is 2. The number of hydrogen-bond donors (Lipinski definition) is 2. The summed E-state index contributed by atoms with van der Waals surface area (Å²) >= 11 is 0. The van der Waals surface area contributed by atoms with Crippen LogP contribution in [-0.2, 0) is 4.74 Å². The first-order valence-corrected chi connectivity index (χ1v) is 12.4. The molecule has 3 fully saturated rings. The smallest absolute Gasteiger partial charge is 0.191 e. The predicted octanol–water partition coefficient (Wildman–Crippen LogP) is 2.64. The lowest BCUT2D eigenvalue weighted by atomic mass is 9.88. The van der Waals surface area contributed by atoms with Gasteiger partial charge in [0.25, 0.3) is 0 Å². The highest BCUT2D eigenvalue weighted by molar-refractivity contribution is 5.79. The molecule has 0 amide bonds. The lowest BCUT2D eigenvalue weighted by molar-refractivity contribution is -0.0164. The topological polar surface area (TPSA) is 61.4 Å². The molecular formula is C25H41N5O2. The van der Waals surface area contributed by atoms with Crippen LogP contribution < -0.4 is 15.4 Å². The van der Waals surface area contributed by atoms with Crippen molar-refractivity contribution >= 4 is 5.96 Å². The maximum atomic E-state index is 5.71. The van der Waals surface area contributed by atoms with Crippen molar-refractivity contribution in [3.8, 4) is 5.75 Å². The molecule has 1 unspecified atom stereocenters. The molecule has 1 aromatic carbocycles. The van der Waals surface area contributed by atoms with Gasteiger partial charge in [-0.25, -0.2) is 0 Å². The third-order valence-electron chi connectivity index (χ3n) is 7.53. The Morgan fingerprint density at radius 1 is 1.09 bits per heavy atom.